The van der Waals surface area contributed by atoms with Gasteiger partial charge in [0, 0.05) is 31.9 Å². The molecule has 0 aliphatic carbocycles. The van der Waals surface area contributed by atoms with Crippen molar-refractivity contribution in [3.05, 3.63) is 18.4 Å². The van der Waals surface area contributed by atoms with Gasteiger partial charge < -0.3 is 9.15 Å². The van der Waals surface area contributed by atoms with Crippen molar-refractivity contribution in [1.29, 1.82) is 0 Å². The van der Waals surface area contributed by atoms with Crippen LogP contribution in [-0.4, -0.2) is 57.3 Å². The highest BCUT2D eigenvalue weighted by Gasteiger charge is 2.22. The van der Waals surface area contributed by atoms with E-state index in [1.54, 1.807) is 18.0 Å². The first-order valence-electron chi connectivity index (χ1n) is 8.15. The maximum absolute atomic E-state index is 5.78. The minimum absolute atomic E-state index is 0.314. The lowest BCUT2D eigenvalue weighted by molar-refractivity contribution is -0.0661. The summed E-state index contributed by atoms with van der Waals surface area (Å²) in [5.74, 6) is 2.56. The van der Waals surface area contributed by atoms with Crippen LogP contribution in [0.3, 0.4) is 0 Å². The van der Waals surface area contributed by atoms with Gasteiger partial charge in [-0.05, 0) is 32.9 Å². The Morgan fingerprint density at radius 1 is 1.26 bits per heavy atom. The third-order valence-corrected chi connectivity index (χ3v) is 4.86. The molecule has 6 nitrogen and oxygen atoms in total. The van der Waals surface area contributed by atoms with Crippen LogP contribution in [0.5, 0.6) is 0 Å². The number of thioether (sulfide) groups is 1. The summed E-state index contributed by atoms with van der Waals surface area (Å²) < 4.78 is 13.3. The second-order valence-corrected chi connectivity index (χ2v) is 6.96. The first-order valence-corrected chi connectivity index (χ1v) is 9.13. The largest absolute Gasteiger partial charge is 0.461 e. The lowest BCUT2D eigenvalue weighted by atomic mass is 10.2. The molecule has 126 valence electrons. The highest BCUT2D eigenvalue weighted by molar-refractivity contribution is 7.99. The van der Waals surface area contributed by atoms with Crippen LogP contribution in [0.1, 0.15) is 20.8 Å². The number of ether oxygens (including phenoxy) is 1. The molecule has 0 N–H and O–H groups in total. The van der Waals surface area contributed by atoms with E-state index in [1.165, 1.54) is 0 Å². The van der Waals surface area contributed by atoms with Gasteiger partial charge in [0.25, 0.3) is 0 Å². The van der Waals surface area contributed by atoms with E-state index in [0.29, 0.717) is 12.2 Å². The van der Waals surface area contributed by atoms with E-state index in [2.05, 4.69) is 40.4 Å². The fraction of sp³-hybridized carbons (Fsp3) is 0.625. The molecule has 1 aliphatic heterocycles. The summed E-state index contributed by atoms with van der Waals surface area (Å²) in [5.41, 5.74) is 0. The van der Waals surface area contributed by atoms with Gasteiger partial charge in [-0.25, -0.2) is 0 Å². The van der Waals surface area contributed by atoms with E-state index in [1.807, 2.05) is 12.1 Å². The Morgan fingerprint density at radius 3 is 2.70 bits per heavy atom. The minimum Gasteiger partial charge on any atom is -0.461 e. The van der Waals surface area contributed by atoms with Crippen molar-refractivity contribution in [2.45, 2.75) is 44.7 Å². The molecule has 3 rings (SSSR count). The number of hydrogen-bond donors (Lipinski definition) is 0. The molecule has 1 fully saturated rings. The molecule has 0 aromatic carbocycles. The third kappa shape index (κ3) is 3.97. The molecular weight excluding hydrogens is 312 g/mol. The molecule has 2 aromatic rings. The molecule has 2 atom stereocenters. The Balaban J connectivity index is 1.58. The average molecular weight is 336 g/mol. The summed E-state index contributed by atoms with van der Waals surface area (Å²) in [4.78, 5) is 2.46. The molecule has 2 aromatic heterocycles. The van der Waals surface area contributed by atoms with Crippen molar-refractivity contribution < 1.29 is 9.15 Å². The maximum Gasteiger partial charge on any atom is 0.200 e. The van der Waals surface area contributed by atoms with Crippen LogP contribution in [0.2, 0.25) is 0 Å². The van der Waals surface area contributed by atoms with Gasteiger partial charge >= 0.3 is 0 Å². The number of nitrogens with zero attached hydrogens (tertiary/aromatic N) is 4. The second kappa shape index (κ2) is 7.51. The highest BCUT2D eigenvalue weighted by atomic mass is 32.2. The third-order valence-electron chi connectivity index (χ3n) is 3.91. The standard InChI is InChI=1S/C16H24N4O2S/c1-4-20-15(14-6-5-8-21-14)17-18-16(20)23-9-7-19-10-12(2)22-13(3)11-19/h5-6,8,12-13H,4,7,9-11H2,1-3H3/t12-,13+. The van der Waals surface area contributed by atoms with Crippen molar-refractivity contribution in [3.63, 3.8) is 0 Å². The molecule has 0 spiro atoms. The van der Waals surface area contributed by atoms with Gasteiger partial charge in [-0.15, -0.1) is 10.2 Å². The van der Waals surface area contributed by atoms with Crippen LogP contribution in [0.4, 0.5) is 0 Å². The first kappa shape index (κ1) is 16.5. The fourth-order valence-corrected chi connectivity index (χ4v) is 4.00. The predicted octanol–water partition coefficient (Wildman–Crippen LogP) is 2.76. The normalized spacial score (nSPS) is 22.6. The monoisotopic (exact) mass is 336 g/mol. The van der Waals surface area contributed by atoms with E-state index in [-0.39, 0.29) is 0 Å². The maximum atomic E-state index is 5.78. The van der Waals surface area contributed by atoms with Crippen LogP contribution < -0.4 is 0 Å². The van der Waals surface area contributed by atoms with Crippen molar-refractivity contribution in [1.82, 2.24) is 19.7 Å². The van der Waals surface area contributed by atoms with Crippen molar-refractivity contribution in [2.24, 2.45) is 0 Å². The topological polar surface area (TPSA) is 56.3 Å². The van der Waals surface area contributed by atoms with Gasteiger partial charge in [0.1, 0.15) is 0 Å². The van der Waals surface area contributed by atoms with Gasteiger partial charge in [-0.2, -0.15) is 0 Å². The summed E-state index contributed by atoms with van der Waals surface area (Å²) in [7, 11) is 0. The zero-order valence-electron chi connectivity index (χ0n) is 13.9. The average Bonchev–Trinajstić information content (AvgIpc) is 3.14. The molecule has 0 unspecified atom stereocenters. The fourth-order valence-electron chi connectivity index (χ4n) is 3.00. The molecular formula is C16H24N4O2S. The first-order chi connectivity index (χ1) is 11.2. The lowest BCUT2D eigenvalue weighted by Gasteiger charge is -2.35. The van der Waals surface area contributed by atoms with Gasteiger partial charge in [-0.1, -0.05) is 11.8 Å². The summed E-state index contributed by atoms with van der Waals surface area (Å²) in [6, 6.07) is 3.79. The van der Waals surface area contributed by atoms with Crippen molar-refractivity contribution in [2.75, 3.05) is 25.4 Å². The van der Waals surface area contributed by atoms with Gasteiger partial charge in [0.15, 0.2) is 16.7 Å². The van der Waals surface area contributed by atoms with Gasteiger partial charge in [-0.3, -0.25) is 9.47 Å². The summed E-state index contributed by atoms with van der Waals surface area (Å²) in [5, 5.41) is 9.56. The zero-order valence-corrected chi connectivity index (χ0v) is 14.8. The second-order valence-electron chi connectivity index (χ2n) is 5.89. The number of morpholine rings is 1. The van der Waals surface area contributed by atoms with Crippen LogP contribution in [0.25, 0.3) is 11.6 Å². The predicted molar refractivity (Wildman–Crippen MR) is 90.6 cm³/mol. The molecule has 3 heterocycles. The lowest BCUT2D eigenvalue weighted by Crippen LogP contribution is -2.46. The highest BCUT2D eigenvalue weighted by Crippen LogP contribution is 2.24. The number of furan rings is 1. The van der Waals surface area contributed by atoms with Crippen molar-refractivity contribution >= 4 is 11.8 Å². The quantitative estimate of drug-likeness (QED) is 0.756. The Morgan fingerprint density at radius 2 is 2.04 bits per heavy atom. The summed E-state index contributed by atoms with van der Waals surface area (Å²) >= 11 is 1.75. The molecule has 0 radical (unpaired) electrons. The molecule has 0 bridgehead atoms. The molecule has 23 heavy (non-hydrogen) atoms. The molecule has 1 saturated heterocycles. The van der Waals surface area contributed by atoms with Crippen LogP contribution in [-0.2, 0) is 11.3 Å². The number of aromatic nitrogens is 3. The molecule has 1 aliphatic rings. The number of rotatable bonds is 6. The van der Waals surface area contributed by atoms with E-state index in [0.717, 1.165) is 48.7 Å². The Labute approximate surface area is 141 Å². The SMILES string of the molecule is CCn1c(SCCN2C[C@@H](C)O[C@@H](C)C2)nnc1-c1ccco1. The Kier molecular flexibility index (Phi) is 5.40. The van der Waals surface area contributed by atoms with E-state index in [9.17, 15) is 0 Å². The van der Waals surface area contributed by atoms with Gasteiger partial charge in [0.2, 0.25) is 0 Å². The Hall–Kier alpha value is -1.31. The number of hydrogen-bond acceptors (Lipinski definition) is 6. The molecule has 7 heteroatoms. The van der Waals surface area contributed by atoms with Crippen LogP contribution >= 0.6 is 11.8 Å². The summed E-state index contributed by atoms with van der Waals surface area (Å²) in [6.07, 6.45) is 2.29. The minimum atomic E-state index is 0.314. The van der Waals surface area contributed by atoms with E-state index in [4.69, 9.17) is 9.15 Å². The molecule has 0 saturated carbocycles. The van der Waals surface area contributed by atoms with Crippen LogP contribution in [0, 0.1) is 0 Å². The summed E-state index contributed by atoms with van der Waals surface area (Å²) in [6.45, 7) is 10.3. The Bertz CT molecular complexity index is 604. The smallest absolute Gasteiger partial charge is 0.200 e. The zero-order chi connectivity index (χ0) is 16.2. The van der Waals surface area contributed by atoms with Crippen molar-refractivity contribution in [3.8, 4) is 11.6 Å². The van der Waals surface area contributed by atoms with E-state index < -0.39 is 0 Å². The van der Waals surface area contributed by atoms with Crippen LogP contribution in [0.15, 0.2) is 28.0 Å². The van der Waals surface area contributed by atoms with Gasteiger partial charge in [0.05, 0.1) is 18.5 Å². The molecule has 0 amide bonds. The van der Waals surface area contributed by atoms with E-state index >= 15 is 0 Å².